The minimum atomic E-state index is -0.155. The van der Waals surface area contributed by atoms with Gasteiger partial charge in [-0.2, -0.15) is 0 Å². The van der Waals surface area contributed by atoms with Crippen LogP contribution in [0.4, 0.5) is 0 Å². The highest BCUT2D eigenvalue weighted by Gasteiger charge is 2.22. The van der Waals surface area contributed by atoms with Gasteiger partial charge < -0.3 is 14.1 Å². The molecule has 1 amide bonds. The zero-order valence-electron chi connectivity index (χ0n) is 14.3. The number of para-hydroxylation sites is 1. The van der Waals surface area contributed by atoms with Crippen molar-refractivity contribution >= 4 is 5.91 Å². The summed E-state index contributed by atoms with van der Waals surface area (Å²) >= 11 is 0. The summed E-state index contributed by atoms with van der Waals surface area (Å²) in [4.78, 5) is 18.9. The fourth-order valence-corrected chi connectivity index (χ4v) is 2.69. The maximum absolute atomic E-state index is 13.0. The molecule has 1 aromatic carbocycles. The van der Waals surface area contributed by atoms with Crippen molar-refractivity contribution in [2.75, 3.05) is 7.11 Å². The molecule has 5 heteroatoms. The Morgan fingerprint density at radius 1 is 1.16 bits per heavy atom. The summed E-state index contributed by atoms with van der Waals surface area (Å²) in [6.07, 6.45) is 5.01. The molecule has 0 N–H and O–H groups in total. The van der Waals surface area contributed by atoms with Gasteiger partial charge in [-0.1, -0.05) is 24.3 Å². The van der Waals surface area contributed by atoms with E-state index in [1.165, 1.54) is 6.26 Å². The second kappa shape index (κ2) is 7.66. The summed E-state index contributed by atoms with van der Waals surface area (Å²) in [7, 11) is 1.63. The van der Waals surface area contributed by atoms with Crippen LogP contribution >= 0.6 is 0 Å². The zero-order valence-corrected chi connectivity index (χ0v) is 14.3. The first-order valence-electron chi connectivity index (χ1n) is 8.03. The lowest BCUT2D eigenvalue weighted by molar-refractivity contribution is 0.0695. The lowest BCUT2D eigenvalue weighted by atomic mass is 10.1. The number of carbonyl (C=O) groups is 1. The van der Waals surface area contributed by atoms with Crippen LogP contribution in [0, 0.1) is 6.92 Å². The van der Waals surface area contributed by atoms with Crippen LogP contribution in [0.3, 0.4) is 0 Å². The number of rotatable bonds is 6. The molecule has 128 valence electrons. The highest BCUT2D eigenvalue weighted by atomic mass is 16.5. The second-order valence-corrected chi connectivity index (χ2v) is 5.77. The van der Waals surface area contributed by atoms with Gasteiger partial charge in [0.15, 0.2) is 5.76 Å². The predicted molar refractivity (Wildman–Crippen MR) is 94.3 cm³/mol. The molecule has 0 bridgehead atoms. The van der Waals surface area contributed by atoms with Crippen LogP contribution in [0.5, 0.6) is 5.75 Å². The molecule has 2 heterocycles. The van der Waals surface area contributed by atoms with Gasteiger partial charge in [-0.3, -0.25) is 9.78 Å². The molecule has 0 spiro atoms. The van der Waals surface area contributed by atoms with Gasteiger partial charge in [0.05, 0.1) is 19.9 Å². The molecule has 25 heavy (non-hydrogen) atoms. The summed E-state index contributed by atoms with van der Waals surface area (Å²) in [6, 6.07) is 13.3. The number of nitrogens with zero attached hydrogens (tertiary/aromatic N) is 2. The van der Waals surface area contributed by atoms with Crippen molar-refractivity contribution in [2.45, 2.75) is 20.0 Å². The number of hydrogen-bond acceptors (Lipinski definition) is 4. The quantitative estimate of drug-likeness (QED) is 0.686. The minimum Gasteiger partial charge on any atom is -0.496 e. The molecule has 0 atom stereocenters. The molecule has 0 aliphatic heterocycles. The Morgan fingerprint density at radius 2 is 2.00 bits per heavy atom. The van der Waals surface area contributed by atoms with Crippen LogP contribution in [0.2, 0.25) is 0 Å². The van der Waals surface area contributed by atoms with Gasteiger partial charge in [0.2, 0.25) is 0 Å². The van der Waals surface area contributed by atoms with Crippen molar-refractivity contribution in [3.8, 4) is 5.75 Å². The van der Waals surface area contributed by atoms with E-state index in [0.717, 1.165) is 22.4 Å². The fourth-order valence-electron chi connectivity index (χ4n) is 2.69. The Hall–Kier alpha value is -3.08. The minimum absolute atomic E-state index is 0.155. The van der Waals surface area contributed by atoms with Crippen molar-refractivity contribution in [3.63, 3.8) is 0 Å². The van der Waals surface area contributed by atoms with Gasteiger partial charge in [-0.05, 0) is 30.7 Å². The number of pyridine rings is 1. The first kappa shape index (κ1) is 16.8. The van der Waals surface area contributed by atoms with Crippen LogP contribution in [-0.4, -0.2) is 22.9 Å². The maximum Gasteiger partial charge on any atom is 0.290 e. The number of ether oxygens (including phenoxy) is 1. The molecule has 0 aliphatic rings. The summed E-state index contributed by atoms with van der Waals surface area (Å²) in [5.74, 6) is 0.957. The lowest BCUT2D eigenvalue weighted by Crippen LogP contribution is -2.30. The molecule has 3 rings (SSSR count). The zero-order chi connectivity index (χ0) is 17.6. The van der Waals surface area contributed by atoms with Crippen LogP contribution in [0.15, 0.2) is 65.5 Å². The van der Waals surface area contributed by atoms with Gasteiger partial charge in [0.25, 0.3) is 5.91 Å². The number of aromatic nitrogens is 1. The molecular weight excluding hydrogens is 316 g/mol. The van der Waals surface area contributed by atoms with E-state index in [9.17, 15) is 4.79 Å². The fraction of sp³-hybridized carbons (Fsp3) is 0.200. The molecule has 3 aromatic rings. The van der Waals surface area contributed by atoms with E-state index in [-0.39, 0.29) is 5.91 Å². The Kier molecular flexibility index (Phi) is 5.14. The van der Waals surface area contributed by atoms with Crippen LogP contribution in [-0.2, 0) is 13.1 Å². The Balaban J connectivity index is 1.91. The van der Waals surface area contributed by atoms with Gasteiger partial charge in [-0.15, -0.1) is 0 Å². The monoisotopic (exact) mass is 336 g/mol. The summed E-state index contributed by atoms with van der Waals surface area (Å²) in [5, 5.41) is 0. The van der Waals surface area contributed by atoms with Gasteiger partial charge in [0, 0.05) is 30.1 Å². The van der Waals surface area contributed by atoms with E-state index >= 15 is 0 Å². The average molecular weight is 336 g/mol. The van der Waals surface area contributed by atoms with Crippen molar-refractivity contribution in [2.24, 2.45) is 0 Å². The summed E-state index contributed by atoms with van der Waals surface area (Å²) in [5.41, 5.74) is 2.71. The van der Waals surface area contributed by atoms with Crippen LogP contribution in [0.1, 0.15) is 27.2 Å². The molecule has 0 unspecified atom stereocenters. The molecule has 2 aromatic heterocycles. The van der Waals surface area contributed by atoms with E-state index in [2.05, 4.69) is 4.98 Å². The SMILES string of the molecule is COc1ccccc1CN(Cc1cccnc1)C(=O)c1occc1C. The number of aryl methyl sites for hydroxylation is 1. The molecule has 0 saturated carbocycles. The van der Waals surface area contributed by atoms with E-state index in [1.807, 2.05) is 43.3 Å². The first-order chi connectivity index (χ1) is 12.2. The van der Waals surface area contributed by atoms with Crippen molar-refractivity contribution in [1.82, 2.24) is 9.88 Å². The van der Waals surface area contributed by atoms with E-state index in [0.29, 0.717) is 18.8 Å². The van der Waals surface area contributed by atoms with Crippen LogP contribution < -0.4 is 4.74 Å². The molecule has 0 aliphatic carbocycles. The highest BCUT2D eigenvalue weighted by Crippen LogP contribution is 2.22. The van der Waals surface area contributed by atoms with Crippen molar-refractivity contribution in [1.29, 1.82) is 0 Å². The summed E-state index contributed by atoms with van der Waals surface area (Å²) < 4.78 is 10.8. The van der Waals surface area contributed by atoms with E-state index in [4.69, 9.17) is 9.15 Å². The smallest absolute Gasteiger partial charge is 0.290 e. The van der Waals surface area contributed by atoms with Crippen LogP contribution in [0.25, 0.3) is 0 Å². The molecule has 0 fully saturated rings. The number of methoxy groups -OCH3 is 1. The maximum atomic E-state index is 13.0. The summed E-state index contributed by atoms with van der Waals surface area (Å²) in [6.45, 7) is 2.71. The number of amides is 1. The first-order valence-corrected chi connectivity index (χ1v) is 8.03. The van der Waals surface area contributed by atoms with Crippen molar-refractivity contribution in [3.05, 3.63) is 83.6 Å². The molecule has 0 radical (unpaired) electrons. The highest BCUT2D eigenvalue weighted by molar-refractivity contribution is 5.92. The largest absolute Gasteiger partial charge is 0.496 e. The number of carbonyl (C=O) groups excluding carboxylic acids is 1. The third-order valence-electron chi connectivity index (χ3n) is 3.99. The van der Waals surface area contributed by atoms with Crippen molar-refractivity contribution < 1.29 is 13.9 Å². The Bertz CT molecular complexity index is 843. The Morgan fingerprint density at radius 3 is 2.68 bits per heavy atom. The lowest BCUT2D eigenvalue weighted by Gasteiger charge is -2.23. The topological polar surface area (TPSA) is 55.6 Å². The molecule has 0 saturated heterocycles. The van der Waals surface area contributed by atoms with Gasteiger partial charge >= 0.3 is 0 Å². The number of benzene rings is 1. The second-order valence-electron chi connectivity index (χ2n) is 5.77. The standard InChI is InChI=1S/C20H20N2O3/c1-15-9-11-25-19(15)20(23)22(13-16-6-5-10-21-12-16)14-17-7-3-4-8-18(17)24-2/h3-12H,13-14H2,1-2H3. The van der Waals surface area contributed by atoms with Gasteiger partial charge in [0.1, 0.15) is 5.75 Å². The van der Waals surface area contributed by atoms with E-state index in [1.54, 1.807) is 30.5 Å². The average Bonchev–Trinajstić information content (AvgIpc) is 3.08. The Labute approximate surface area is 146 Å². The number of furan rings is 1. The normalized spacial score (nSPS) is 10.5. The third-order valence-corrected chi connectivity index (χ3v) is 3.99. The number of hydrogen-bond donors (Lipinski definition) is 0. The third kappa shape index (κ3) is 3.88. The molecular formula is C20H20N2O3. The van der Waals surface area contributed by atoms with E-state index < -0.39 is 0 Å². The predicted octanol–water partition coefficient (Wildman–Crippen LogP) is 3.83. The molecule has 5 nitrogen and oxygen atoms in total. The van der Waals surface area contributed by atoms with Gasteiger partial charge in [-0.25, -0.2) is 0 Å².